The molecule has 0 radical (unpaired) electrons. The molecule has 1 aromatic carbocycles. The molecule has 1 amide bonds. The van der Waals surface area contributed by atoms with Gasteiger partial charge in [0.25, 0.3) is 0 Å². The third-order valence-corrected chi connectivity index (χ3v) is 6.36. The normalized spacial score (nSPS) is 22.2. The molecule has 8 nitrogen and oxygen atoms in total. The maximum absolute atomic E-state index is 11.6. The third-order valence-electron chi connectivity index (χ3n) is 6.36. The highest BCUT2D eigenvalue weighted by atomic mass is 16.5. The fourth-order valence-corrected chi connectivity index (χ4v) is 4.24. The highest BCUT2D eigenvalue weighted by molar-refractivity contribution is 5.85. The molecule has 1 aliphatic carbocycles. The molecule has 3 aliphatic rings. The summed E-state index contributed by atoms with van der Waals surface area (Å²) < 4.78 is 12.4. The van der Waals surface area contributed by atoms with Crippen molar-refractivity contribution < 1.29 is 14.3 Å². The Kier molecular flexibility index (Phi) is 3.72. The van der Waals surface area contributed by atoms with E-state index in [1.165, 1.54) is 0 Å². The van der Waals surface area contributed by atoms with Crippen molar-refractivity contribution in [1.29, 1.82) is 0 Å². The van der Waals surface area contributed by atoms with Gasteiger partial charge in [-0.2, -0.15) is 0 Å². The predicted molar refractivity (Wildman–Crippen MR) is 112 cm³/mol. The number of hydrogen-bond donors (Lipinski definition) is 3. The molecule has 0 bridgehead atoms. The number of H-pyrrole nitrogens is 1. The molecule has 8 heteroatoms. The van der Waals surface area contributed by atoms with Gasteiger partial charge in [-0.3, -0.25) is 4.79 Å². The Balaban J connectivity index is 1.33. The van der Waals surface area contributed by atoms with Crippen LogP contribution in [0.25, 0.3) is 22.3 Å². The summed E-state index contributed by atoms with van der Waals surface area (Å²) in [6.45, 7) is 3.45. The molecule has 6 rings (SSSR count). The number of anilines is 1. The Labute approximate surface area is 173 Å². The van der Waals surface area contributed by atoms with Crippen LogP contribution in [0.2, 0.25) is 0 Å². The molecule has 1 spiro atoms. The number of nitrogens with one attached hydrogen (secondary N) is 3. The number of nitrogens with zero attached hydrogens (tertiary/aromatic N) is 2. The molecule has 154 valence electrons. The number of benzene rings is 1. The number of amides is 1. The van der Waals surface area contributed by atoms with E-state index in [1.54, 1.807) is 6.33 Å². The predicted octanol–water partition coefficient (Wildman–Crippen LogP) is 2.87. The van der Waals surface area contributed by atoms with Crippen molar-refractivity contribution in [2.24, 2.45) is 5.92 Å². The summed E-state index contributed by atoms with van der Waals surface area (Å²) in [6, 6.07) is 8.09. The number of fused-ring (bicyclic) bond motifs is 2. The molecule has 30 heavy (non-hydrogen) atoms. The summed E-state index contributed by atoms with van der Waals surface area (Å²) in [6.07, 6.45) is 4.19. The van der Waals surface area contributed by atoms with Crippen LogP contribution in [0.3, 0.4) is 0 Å². The van der Waals surface area contributed by atoms with E-state index in [-0.39, 0.29) is 23.5 Å². The fraction of sp³-hybridized carbons (Fsp3) is 0.409. The van der Waals surface area contributed by atoms with E-state index in [4.69, 9.17) is 14.5 Å². The summed E-state index contributed by atoms with van der Waals surface area (Å²) in [5.74, 6) is 1.57. The summed E-state index contributed by atoms with van der Waals surface area (Å²) in [5.41, 5.74) is 4.33. The first kappa shape index (κ1) is 17.6. The molecule has 1 saturated carbocycles. The van der Waals surface area contributed by atoms with Gasteiger partial charge in [-0.25, -0.2) is 9.97 Å². The molecule has 3 N–H and O–H groups in total. The van der Waals surface area contributed by atoms with E-state index in [0.717, 1.165) is 47.6 Å². The Morgan fingerprint density at radius 3 is 2.97 bits per heavy atom. The van der Waals surface area contributed by atoms with Crippen LogP contribution in [0.1, 0.15) is 26.2 Å². The van der Waals surface area contributed by atoms with Crippen molar-refractivity contribution in [2.75, 3.05) is 18.4 Å². The van der Waals surface area contributed by atoms with E-state index in [0.29, 0.717) is 24.4 Å². The van der Waals surface area contributed by atoms with E-state index >= 15 is 0 Å². The molecule has 2 atom stereocenters. The van der Waals surface area contributed by atoms with Crippen LogP contribution < -0.4 is 20.1 Å². The monoisotopic (exact) mass is 405 g/mol. The molecule has 2 aromatic heterocycles. The number of hydrogen-bond acceptors (Lipinski definition) is 6. The van der Waals surface area contributed by atoms with Gasteiger partial charge in [-0.15, -0.1) is 0 Å². The highest BCUT2D eigenvalue weighted by Crippen LogP contribution is 2.46. The maximum atomic E-state index is 11.6. The number of rotatable bonds is 4. The van der Waals surface area contributed by atoms with Gasteiger partial charge in [0.15, 0.2) is 5.52 Å². The summed E-state index contributed by atoms with van der Waals surface area (Å²) in [7, 11) is 0. The lowest BCUT2D eigenvalue weighted by Gasteiger charge is -2.27. The number of pyridine rings is 1. The summed E-state index contributed by atoms with van der Waals surface area (Å²) in [5, 5.41) is 6.37. The topological polar surface area (TPSA) is 101 Å². The molecule has 2 aliphatic heterocycles. The first-order valence-corrected chi connectivity index (χ1v) is 10.4. The minimum absolute atomic E-state index is 0.00915. The average molecular weight is 405 g/mol. The van der Waals surface area contributed by atoms with Crippen molar-refractivity contribution in [3.05, 3.63) is 30.6 Å². The molecule has 2 fully saturated rings. The van der Waals surface area contributed by atoms with Gasteiger partial charge in [-0.05, 0) is 44.0 Å². The van der Waals surface area contributed by atoms with Crippen molar-refractivity contribution >= 4 is 22.6 Å². The second-order valence-electron chi connectivity index (χ2n) is 8.55. The minimum atomic E-state index is -0.153. The number of aromatic nitrogens is 3. The van der Waals surface area contributed by atoms with E-state index in [2.05, 4.69) is 26.7 Å². The van der Waals surface area contributed by atoms with Crippen molar-refractivity contribution in [2.45, 2.75) is 37.9 Å². The molecular formula is C22H23N5O3. The van der Waals surface area contributed by atoms with Gasteiger partial charge in [0.1, 0.15) is 17.5 Å². The van der Waals surface area contributed by atoms with Gasteiger partial charge in [0.2, 0.25) is 11.8 Å². The largest absolute Gasteiger partial charge is 0.483 e. The zero-order chi connectivity index (χ0) is 20.3. The van der Waals surface area contributed by atoms with Crippen LogP contribution >= 0.6 is 0 Å². The highest BCUT2D eigenvalue weighted by Gasteiger charge is 2.47. The average Bonchev–Trinajstić information content (AvgIpc) is 3.14. The van der Waals surface area contributed by atoms with Gasteiger partial charge in [0, 0.05) is 24.4 Å². The minimum Gasteiger partial charge on any atom is -0.483 e. The van der Waals surface area contributed by atoms with Crippen LogP contribution in [-0.4, -0.2) is 45.7 Å². The lowest BCUT2D eigenvalue weighted by atomic mass is 10.0. The molecule has 4 heterocycles. The van der Waals surface area contributed by atoms with Crippen LogP contribution in [0.5, 0.6) is 11.6 Å². The number of carbonyl (C=O) groups excluding carboxylic acids is 1. The Morgan fingerprint density at radius 1 is 1.27 bits per heavy atom. The Morgan fingerprint density at radius 2 is 2.17 bits per heavy atom. The first-order valence-electron chi connectivity index (χ1n) is 10.4. The van der Waals surface area contributed by atoms with Crippen LogP contribution in [0, 0.1) is 5.92 Å². The lowest BCUT2D eigenvalue weighted by Crippen LogP contribution is -2.32. The van der Waals surface area contributed by atoms with Gasteiger partial charge in [0.05, 0.1) is 29.8 Å². The Hall–Kier alpha value is -3.29. The van der Waals surface area contributed by atoms with Crippen LogP contribution in [-0.2, 0) is 4.79 Å². The first-order chi connectivity index (χ1) is 14.6. The SMILES string of the molecule is C[C@@H](Oc1nc(-c2ccc3c(c2)NCC2(CC2)O3)cc2[nH]cnc12)[C@H]1CNC(=O)C1. The molecule has 3 aromatic rings. The second kappa shape index (κ2) is 6.35. The van der Waals surface area contributed by atoms with Crippen LogP contribution in [0.4, 0.5) is 5.69 Å². The summed E-state index contributed by atoms with van der Waals surface area (Å²) in [4.78, 5) is 23.9. The lowest BCUT2D eigenvalue weighted by molar-refractivity contribution is -0.119. The molecular weight excluding hydrogens is 382 g/mol. The van der Waals surface area contributed by atoms with E-state index < -0.39 is 0 Å². The third kappa shape index (κ3) is 2.94. The van der Waals surface area contributed by atoms with Gasteiger partial charge < -0.3 is 25.1 Å². The zero-order valence-electron chi connectivity index (χ0n) is 16.7. The summed E-state index contributed by atoms with van der Waals surface area (Å²) >= 11 is 0. The van der Waals surface area contributed by atoms with Gasteiger partial charge in [-0.1, -0.05) is 0 Å². The fourth-order valence-electron chi connectivity index (χ4n) is 4.24. The standard InChI is InChI=1S/C22H23N5O3/c1-12(14-7-19(28)23-9-14)29-21-20-17(25-11-26-20)8-15(27-21)13-2-3-18-16(6-13)24-10-22(30-18)4-5-22/h2-3,6,8,11-12,14,24H,4-5,7,9-10H2,1H3,(H,23,28)(H,25,26)/t12-,14-/m1/s1. The maximum Gasteiger partial charge on any atom is 0.243 e. The molecule has 0 unspecified atom stereocenters. The smallest absolute Gasteiger partial charge is 0.243 e. The zero-order valence-corrected chi connectivity index (χ0v) is 16.7. The number of ether oxygens (including phenoxy) is 2. The molecule has 1 saturated heterocycles. The van der Waals surface area contributed by atoms with Crippen molar-refractivity contribution in [3.63, 3.8) is 0 Å². The number of imidazole rings is 1. The second-order valence-corrected chi connectivity index (χ2v) is 8.55. The van der Waals surface area contributed by atoms with Gasteiger partial charge >= 0.3 is 0 Å². The number of aromatic amines is 1. The van der Waals surface area contributed by atoms with E-state index in [1.807, 2.05) is 25.1 Å². The van der Waals surface area contributed by atoms with Crippen molar-refractivity contribution in [1.82, 2.24) is 20.3 Å². The van der Waals surface area contributed by atoms with Crippen molar-refractivity contribution in [3.8, 4) is 22.9 Å². The Bertz CT molecular complexity index is 1150. The number of carbonyl (C=O) groups is 1. The quantitative estimate of drug-likeness (QED) is 0.617. The van der Waals surface area contributed by atoms with Crippen LogP contribution in [0.15, 0.2) is 30.6 Å². The van der Waals surface area contributed by atoms with E-state index in [9.17, 15) is 4.79 Å².